The van der Waals surface area contributed by atoms with Crippen LogP contribution in [0.2, 0.25) is 0 Å². The first kappa shape index (κ1) is 29.3. The molecular formula is C28H39F3N4O4. The summed E-state index contributed by atoms with van der Waals surface area (Å²) in [5, 5.41) is 15.6. The number of rotatable bonds is 7. The van der Waals surface area contributed by atoms with Crippen LogP contribution >= 0.6 is 0 Å². The molecule has 0 aromatic rings. The van der Waals surface area contributed by atoms with Gasteiger partial charge in [0.05, 0.1) is 12.0 Å². The second-order valence-corrected chi connectivity index (χ2v) is 13.1. The number of nitrogens with zero attached hydrogens (tertiary/aromatic N) is 2. The molecule has 3 amide bonds. The highest BCUT2D eigenvalue weighted by atomic mass is 19.4. The lowest BCUT2D eigenvalue weighted by molar-refractivity contribution is -0.174. The number of hydrogen-bond donors (Lipinski definition) is 2. The van der Waals surface area contributed by atoms with Gasteiger partial charge in [-0.3, -0.25) is 19.2 Å². The van der Waals surface area contributed by atoms with E-state index >= 15 is 0 Å². The molecule has 0 aromatic heterocycles. The lowest BCUT2D eigenvalue weighted by Gasteiger charge is -2.36. The summed E-state index contributed by atoms with van der Waals surface area (Å²) in [4.78, 5) is 53.4. The third-order valence-electron chi connectivity index (χ3n) is 9.32. The number of ketones is 1. The van der Waals surface area contributed by atoms with Crippen molar-refractivity contribution in [2.45, 2.75) is 109 Å². The molecule has 2 N–H and O–H groups in total. The monoisotopic (exact) mass is 552 g/mol. The van der Waals surface area contributed by atoms with Crippen molar-refractivity contribution in [3.8, 4) is 6.07 Å². The number of halogens is 3. The van der Waals surface area contributed by atoms with Gasteiger partial charge in [-0.05, 0) is 62.2 Å². The number of piperidine rings is 1. The van der Waals surface area contributed by atoms with E-state index in [1.165, 1.54) is 4.90 Å². The number of hydrogen-bond acceptors (Lipinski definition) is 5. The van der Waals surface area contributed by atoms with Crippen LogP contribution in [0.1, 0.15) is 85.0 Å². The SMILES string of the molecule is CC(C)(C)C(CC(=O)C(F)(F)F)C(=O)N1CC2CCCCC2C1C(=O)NC(C#N)CC1CCC2(CC2)NC1=O. The van der Waals surface area contributed by atoms with E-state index in [1.54, 1.807) is 20.8 Å². The molecule has 2 heterocycles. The number of nitriles is 1. The molecule has 11 heteroatoms. The molecule has 2 saturated heterocycles. The number of nitrogens with one attached hydrogen (secondary N) is 2. The Bertz CT molecular complexity index is 1040. The number of amides is 3. The van der Waals surface area contributed by atoms with E-state index in [4.69, 9.17) is 0 Å². The van der Waals surface area contributed by atoms with Crippen molar-refractivity contribution >= 4 is 23.5 Å². The van der Waals surface area contributed by atoms with Gasteiger partial charge in [-0.15, -0.1) is 0 Å². The Morgan fingerprint density at radius 3 is 2.36 bits per heavy atom. The fourth-order valence-corrected chi connectivity index (χ4v) is 6.75. The molecule has 0 bridgehead atoms. The summed E-state index contributed by atoms with van der Waals surface area (Å²) in [5.74, 6) is -5.03. The van der Waals surface area contributed by atoms with Crippen molar-refractivity contribution in [2.24, 2.45) is 29.1 Å². The molecule has 6 unspecified atom stereocenters. The van der Waals surface area contributed by atoms with Crippen LogP contribution in [0.15, 0.2) is 0 Å². The highest BCUT2D eigenvalue weighted by Crippen LogP contribution is 2.45. The Labute approximate surface area is 227 Å². The minimum absolute atomic E-state index is 0.0248. The van der Waals surface area contributed by atoms with Crippen LogP contribution in [0.4, 0.5) is 13.2 Å². The zero-order valence-corrected chi connectivity index (χ0v) is 22.9. The number of carbonyl (C=O) groups is 4. The maximum absolute atomic E-state index is 13.8. The molecule has 1 spiro atoms. The predicted molar refractivity (Wildman–Crippen MR) is 135 cm³/mol. The van der Waals surface area contributed by atoms with Crippen molar-refractivity contribution < 1.29 is 32.3 Å². The van der Waals surface area contributed by atoms with Gasteiger partial charge in [-0.2, -0.15) is 18.4 Å². The topological polar surface area (TPSA) is 119 Å². The van der Waals surface area contributed by atoms with Crippen LogP contribution in [0, 0.1) is 40.4 Å². The molecule has 216 valence electrons. The van der Waals surface area contributed by atoms with Crippen molar-refractivity contribution in [3.05, 3.63) is 0 Å². The number of fused-ring (bicyclic) bond motifs is 1. The van der Waals surface area contributed by atoms with Crippen LogP contribution in [0.5, 0.6) is 0 Å². The van der Waals surface area contributed by atoms with Gasteiger partial charge in [0.2, 0.25) is 23.5 Å². The molecule has 4 aliphatic rings. The predicted octanol–water partition coefficient (Wildman–Crippen LogP) is 3.64. The minimum atomic E-state index is -5.05. The first-order valence-corrected chi connectivity index (χ1v) is 14.1. The summed E-state index contributed by atoms with van der Waals surface area (Å²) in [6.07, 6.45) is 0.821. The summed E-state index contributed by atoms with van der Waals surface area (Å²) in [6.45, 7) is 5.08. The van der Waals surface area contributed by atoms with Crippen LogP contribution in [0.25, 0.3) is 0 Å². The van der Waals surface area contributed by atoms with Crippen molar-refractivity contribution in [3.63, 3.8) is 0 Å². The molecule has 2 saturated carbocycles. The van der Waals surface area contributed by atoms with E-state index in [2.05, 4.69) is 16.7 Å². The van der Waals surface area contributed by atoms with E-state index in [-0.39, 0.29) is 36.2 Å². The van der Waals surface area contributed by atoms with Crippen LogP contribution in [-0.2, 0) is 19.2 Å². The first-order chi connectivity index (χ1) is 18.1. The van der Waals surface area contributed by atoms with Gasteiger partial charge >= 0.3 is 6.18 Å². The van der Waals surface area contributed by atoms with Crippen LogP contribution in [-0.4, -0.2) is 58.7 Å². The Balaban J connectivity index is 1.51. The highest BCUT2D eigenvalue weighted by Gasteiger charge is 2.53. The third-order valence-corrected chi connectivity index (χ3v) is 9.32. The lowest BCUT2D eigenvalue weighted by Crippen LogP contribution is -2.54. The Kier molecular flexibility index (Phi) is 8.08. The lowest BCUT2D eigenvalue weighted by atomic mass is 9.76. The molecule has 6 atom stereocenters. The average molecular weight is 553 g/mol. The third kappa shape index (κ3) is 6.41. The second-order valence-electron chi connectivity index (χ2n) is 13.1. The van der Waals surface area contributed by atoms with Crippen LogP contribution in [0.3, 0.4) is 0 Å². The van der Waals surface area contributed by atoms with Gasteiger partial charge in [0, 0.05) is 24.4 Å². The average Bonchev–Trinajstić information content (AvgIpc) is 3.48. The van der Waals surface area contributed by atoms with E-state index in [9.17, 15) is 37.6 Å². The van der Waals surface area contributed by atoms with Crippen molar-refractivity contribution in [1.29, 1.82) is 5.26 Å². The molecule has 0 radical (unpaired) electrons. The Hall–Kier alpha value is -2.64. The quantitative estimate of drug-likeness (QED) is 0.500. The number of alkyl halides is 3. The van der Waals surface area contributed by atoms with Gasteiger partial charge < -0.3 is 15.5 Å². The summed E-state index contributed by atoms with van der Waals surface area (Å²) in [5.41, 5.74) is -1.04. The molecule has 2 aliphatic heterocycles. The van der Waals surface area contributed by atoms with Gasteiger partial charge in [0.25, 0.3) is 0 Å². The van der Waals surface area contributed by atoms with E-state index in [1.807, 2.05) is 0 Å². The van der Waals surface area contributed by atoms with Gasteiger partial charge in [-0.1, -0.05) is 33.6 Å². The normalized spacial score (nSPS) is 29.6. The second kappa shape index (κ2) is 10.7. The standard InChI is InChI=1S/C28H39F3N4O4/c1-26(2,3)20(13-21(36)28(29,30)31)25(39)35-15-17-6-4-5-7-19(17)22(35)24(38)33-18(14-32)12-16-8-9-27(10-11-27)34-23(16)37/h16-20,22H,4-13,15H2,1-3H3,(H,33,38)(H,34,37). The molecule has 8 nitrogen and oxygen atoms in total. The molecule has 4 rings (SSSR count). The van der Waals surface area contributed by atoms with E-state index < -0.39 is 59.5 Å². The number of carbonyl (C=O) groups excluding carboxylic acids is 4. The highest BCUT2D eigenvalue weighted by molar-refractivity contribution is 5.93. The van der Waals surface area contributed by atoms with Gasteiger partial charge in [-0.25, -0.2) is 0 Å². The maximum Gasteiger partial charge on any atom is 0.449 e. The number of likely N-dealkylation sites (tertiary alicyclic amines) is 1. The summed E-state index contributed by atoms with van der Waals surface area (Å²) < 4.78 is 39.4. The Morgan fingerprint density at radius 2 is 1.79 bits per heavy atom. The fourth-order valence-electron chi connectivity index (χ4n) is 6.75. The summed E-state index contributed by atoms with van der Waals surface area (Å²) in [7, 11) is 0. The van der Waals surface area contributed by atoms with Crippen LogP contribution < -0.4 is 10.6 Å². The Morgan fingerprint density at radius 1 is 1.13 bits per heavy atom. The largest absolute Gasteiger partial charge is 0.449 e. The molecule has 0 aromatic carbocycles. The van der Waals surface area contributed by atoms with E-state index in [0.29, 0.717) is 12.8 Å². The first-order valence-electron chi connectivity index (χ1n) is 14.1. The van der Waals surface area contributed by atoms with Crippen molar-refractivity contribution in [2.75, 3.05) is 6.54 Å². The maximum atomic E-state index is 13.8. The van der Waals surface area contributed by atoms with Crippen molar-refractivity contribution in [1.82, 2.24) is 15.5 Å². The van der Waals surface area contributed by atoms with Gasteiger partial charge in [0.1, 0.15) is 12.1 Å². The molecular weight excluding hydrogens is 513 g/mol. The summed E-state index contributed by atoms with van der Waals surface area (Å²) in [6, 6.07) is 0.212. The molecule has 4 fully saturated rings. The fraction of sp³-hybridized carbons (Fsp3) is 0.821. The van der Waals surface area contributed by atoms with E-state index in [0.717, 1.165) is 38.5 Å². The molecule has 2 aliphatic carbocycles. The number of Topliss-reactive ketones (excluding diaryl/α,β-unsaturated/α-hetero) is 1. The zero-order valence-electron chi connectivity index (χ0n) is 22.9. The van der Waals surface area contributed by atoms with Gasteiger partial charge in [0.15, 0.2) is 0 Å². The zero-order chi connectivity index (χ0) is 28.8. The molecule has 39 heavy (non-hydrogen) atoms. The summed E-state index contributed by atoms with van der Waals surface area (Å²) >= 11 is 0. The minimum Gasteiger partial charge on any atom is -0.350 e. The smallest absolute Gasteiger partial charge is 0.350 e.